The second-order valence-electron chi connectivity index (χ2n) is 14.3. The molecule has 11 aromatic rings. The highest BCUT2D eigenvalue weighted by atomic mass is 32.1. The summed E-state index contributed by atoms with van der Waals surface area (Å²) >= 11 is 3.78. The molecular weight excluding hydrogens is 681 g/mol. The molecule has 5 heterocycles. The fourth-order valence-electron chi connectivity index (χ4n) is 9.50. The van der Waals surface area contributed by atoms with Crippen LogP contribution in [-0.2, 0) is 0 Å². The molecule has 2 aliphatic heterocycles. The number of anilines is 3. The maximum Gasteiger partial charge on any atom is 0.248 e. The Balaban J connectivity index is 1.19. The minimum absolute atomic E-state index is 0.137. The third-order valence-electron chi connectivity index (χ3n) is 11.7. The van der Waals surface area contributed by atoms with E-state index in [2.05, 4.69) is 157 Å². The van der Waals surface area contributed by atoms with Gasteiger partial charge in [0.05, 0.1) is 11.4 Å². The third-order valence-corrected chi connectivity index (χ3v) is 13.9. The Bertz CT molecular complexity index is 3390. The van der Waals surface area contributed by atoms with E-state index in [1.807, 2.05) is 28.7 Å². The Morgan fingerprint density at radius 3 is 2.00 bits per heavy atom. The van der Waals surface area contributed by atoms with Crippen molar-refractivity contribution in [1.82, 2.24) is 0 Å². The maximum absolute atomic E-state index is 6.28. The SMILES string of the molecule is c1ccc2c(c1)B1c3ccc4sc5ccccc5c4c3N(c3cccc4sc5ccccc5c34)c3cc(-c4ccc5oc6ccccc6c5c4)cc-2c31. The molecule has 0 fully saturated rings. The van der Waals surface area contributed by atoms with Gasteiger partial charge in [0.1, 0.15) is 11.2 Å². The summed E-state index contributed by atoms with van der Waals surface area (Å²) in [5.74, 6) is 0. The zero-order valence-corrected chi connectivity index (χ0v) is 29.9. The third kappa shape index (κ3) is 3.73. The number of rotatable bonds is 2. The molecule has 0 atom stereocenters. The van der Waals surface area contributed by atoms with Gasteiger partial charge in [-0.05, 0) is 93.8 Å². The van der Waals surface area contributed by atoms with Gasteiger partial charge in [-0.2, -0.15) is 0 Å². The lowest BCUT2D eigenvalue weighted by Crippen LogP contribution is -2.54. The van der Waals surface area contributed by atoms with Crippen LogP contribution in [0.1, 0.15) is 0 Å². The average Bonchev–Trinajstić information content (AvgIpc) is 3.97. The predicted octanol–water partition coefficient (Wildman–Crippen LogP) is 12.3. The number of hydrogen-bond acceptors (Lipinski definition) is 4. The summed E-state index contributed by atoms with van der Waals surface area (Å²) < 4.78 is 11.5. The molecule has 0 N–H and O–H groups in total. The van der Waals surface area contributed by atoms with E-state index in [4.69, 9.17) is 4.42 Å². The van der Waals surface area contributed by atoms with Crippen LogP contribution in [0.5, 0.6) is 0 Å². The second-order valence-corrected chi connectivity index (χ2v) is 16.5. The minimum Gasteiger partial charge on any atom is -0.456 e. The maximum atomic E-state index is 6.28. The molecule has 244 valence electrons. The first-order valence-electron chi connectivity index (χ1n) is 18.1. The molecule has 0 bridgehead atoms. The van der Waals surface area contributed by atoms with Gasteiger partial charge >= 0.3 is 0 Å². The lowest BCUT2D eigenvalue weighted by atomic mass is 9.37. The smallest absolute Gasteiger partial charge is 0.248 e. The van der Waals surface area contributed by atoms with Crippen molar-refractivity contribution in [2.24, 2.45) is 0 Å². The van der Waals surface area contributed by atoms with E-state index in [9.17, 15) is 0 Å². The summed E-state index contributed by atoms with van der Waals surface area (Å²) in [4.78, 5) is 2.65. The van der Waals surface area contributed by atoms with Gasteiger partial charge < -0.3 is 9.32 Å². The molecule has 2 aliphatic rings. The molecule has 8 aromatic carbocycles. The summed E-state index contributed by atoms with van der Waals surface area (Å²) in [6.45, 7) is 0.137. The van der Waals surface area contributed by atoms with E-state index in [1.165, 1.54) is 96.0 Å². The van der Waals surface area contributed by atoms with Gasteiger partial charge in [-0.25, -0.2) is 0 Å². The molecule has 3 aromatic heterocycles. The highest BCUT2D eigenvalue weighted by Gasteiger charge is 2.44. The van der Waals surface area contributed by atoms with Gasteiger partial charge in [0, 0.05) is 56.8 Å². The van der Waals surface area contributed by atoms with Crippen LogP contribution < -0.4 is 21.3 Å². The monoisotopic (exact) mass is 707 g/mol. The van der Waals surface area contributed by atoms with Gasteiger partial charge in [0.2, 0.25) is 6.71 Å². The van der Waals surface area contributed by atoms with E-state index in [1.54, 1.807) is 0 Å². The van der Waals surface area contributed by atoms with Crippen molar-refractivity contribution < 1.29 is 4.42 Å². The van der Waals surface area contributed by atoms with Gasteiger partial charge in [0.25, 0.3) is 0 Å². The predicted molar refractivity (Wildman–Crippen MR) is 230 cm³/mol. The molecule has 53 heavy (non-hydrogen) atoms. The van der Waals surface area contributed by atoms with Crippen molar-refractivity contribution in [3.63, 3.8) is 0 Å². The van der Waals surface area contributed by atoms with Crippen molar-refractivity contribution in [2.45, 2.75) is 0 Å². The number of para-hydroxylation sites is 1. The molecule has 0 radical (unpaired) electrons. The highest BCUT2D eigenvalue weighted by Crippen LogP contribution is 2.51. The number of nitrogens with zero attached hydrogens (tertiary/aromatic N) is 1. The van der Waals surface area contributed by atoms with Gasteiger partial charge in [-0.15, -0.1) is 22.7 Å². The van der Waals surface area contributed by atoms with Crippen LogP contribution in [0, 0.1) is 0 Å². The average molecular weight is 708 g/mol. The van der Waals surface area contributed by atoms with Crippen molar-refractivity contribution in [2.75, 3.05) is 4.90 Å². The van der Waals surface area contributed by atoms with Crippen LogP contribution in [0.3, 0.4) is 0 Å². The normalized spacial score (nSPS) is 13.2. The number of fused-ring (bicyclic) bond motifs is 15. The first-order valence-corrected chi connectivity index (χ1v) is 19.8. The van der Waals surface area contributed by atoms with E-state index in [0.29, 0.717) is 0 Å². The summed E-state index contributed by atoms with van der Waals surface area (Å²) in [6, 6.07) is 58.6. The number of thiophene rings is 2. The highest BCUT2D eigenvalue weighted by molar-refractivity contribution is 7.26. The Morgan fingerprint density at radius 1 is 0.434 bits per heavy atom. The number of hydrogen-bond donors (Lipinski definition) is 0. The zero-order valence-electron chi connectivity index (χ0n) is 28.3. The number of benzene rings is 8. The molecule has 13 rings (SSSR count). The zero-order chi connectivity index (χ0) is 34.4. The van der Waals surface area contributed by atoms with Gasteiger partial charge in [-0.3, -0.25) is 0 Å². The summed E-state index contributed by atoms with van der Waals surface area (Å²) in [5.41, 5.74) is 14.8. The summed E-state index contributed by atoms with van der Waals surface area (Å²) in [5, 5.41) is 7.58. The summed E-state index contributed by atoms with van der Waals surface area (Å²) in [7, 11) is 0. The molecule has 0 saturated heterocycles. The van der Waals surface area contributed by atoms with Crippen LogP contribution in [0.2, 0.25) is 0 Å². The van der Waals surface area contributed by atoms with Crippen molar-refractivity contribution in [1.29, 1.82) is 0 Å². The minimum atomic E-state index is 0.137. The quantitative estimate of drug-likeness (QED) is 0.166. The van der Waals surface area contributed by atoms with Crippen LogP contribution in [0.15, 0.2) is 162 Å². The largest absolute Gasteiger partial charge is 0.456 e. The van der Waals surface area contributed by atoms with E-state index in [0.717, 1.165) is 21.9 Å². The van der Waals surface area contributed by atoms with Crippen molar-refractivity contribution in [3.8, 4) is 22.3 Å². The number of furan rings is 1. The Labute approximate surface area is 312 Å². The second kappa shape index (κ2) is 10.3. The van der Waals surface area contributed by atoms with Crippen LogP contribution in [0.25, 0.3) is 84.5 Å². The molecular formula is C48H26BNOS2. The first kappa shape index (κ1) is 28.5. The molecule has 0 unspecified atom stereocenters. The molecule has 2 nitrogen and oxygen atoms in total. The van der Waals surface area contributed by atoms with Gasteiger partial charge in [0.15, 0.2) is 0 Å². The van der Waals surface area contributed by atoms with Crippen LogP contribution >= 0.6 is 22.7 Å². The van der Waals surface area contributed by atoms with Crippen LogP contribution in [-0.4, -0.2) is 6.71 Å². The molecule has 0 aliphatic carbocycles. The van der Waals surface area contributed by atoms with Gasteiger partial charge in [-0.1, -0.05) is 103 Å². The lowest BCUT2D eigenvalue weighted by molar-refractivity contribution is 0.669. The van der Waals surface area contributed by atoms with E-state index in [-0.39, 0.29) is 6.71 Å². The standard InChI is InChI=1S/C48H26BNOS2/c1-5-14-35-29(10-1)34-25-28(27-20-22-40-33(24-27)30-11-2-6-16-39(30)51-40)26-38-47(34)49(35)36-21-23-44-46(32-13-4-8-18-42(32)53-44)48(36)50(38)37-15-9-19-43-45(37)31-12-3-7-17-41(31)52-43/h1-26H. The molecule has 0 spiro atoms. The lowest BCUT2D eigenvalue weighted by Gasteiger charge is -2.37. The fourth-order valence-corrected chi connectivity index (χ4v) is 11.7. The topological polar surface area (TPSA) is 16.4 Å². The summed E-state index contributed by atoms with van der Waals surface area (Å²) in [6.07, 6.45) is 0. The molecule has 0 saturated carbocycles. The van der Waals surface area contributed by atoms with E-state index < -0.39 is 0 Å². The van der Waals surface area contributed by atoms with Crippen molar-refractivity contribution in [3.05, 3.63) is 158 Å². The molecule has 5 heteroatoms. The van der Waals surface area contributed by atoms with E-state index >= 15 is 0 Å². The van der Waals surface area contributed by atoms with Crippen LogP contribution in [0.4, 0.5) is 17.1 Å². The Morgan fingerprint density at radius 2 is 1.13 bits per heavy atom. The van der Waals surface area contributed by atoms with Crippen molar-refractivity contribution >= 4 is 125 Å². The molecule has 0 amide bonds. The Kier molecular flexibility index (Phi) is 5.51. The first-order chi connectivity index (χ1) is 26.3. The fraction of sp³-hybridized carbons (Fsp3) is 0. The Hall–Kier alpha value is -6.14.